The Morgan fingerprint density at radius 3 is 2.43 bits per heavy atom. The van der Waals surface area contributed by atoms with Gasteiger partial charge in [-0.3, -0.25) is 14.4 Å². The minimum atomic E-state index is -0.214. The van der Waals surface area contributed by atoms with Crippen LogP contribution in [0.2, 0.25) is 0 Å². The first-order valence-corrected chi connectivity index (χ1v) is 9.50. The highest BCUT2D eigenvalue weighted by molar-refractivity contribution is 5.94. The van der Waals surface area contributed by atoms with Gasteiger partial charge in [-0.15, -0.1) is 0 Å². The molecule has 144 valence electrons. The fourth-order valence-electron chi connectivity index (χ4n) is 3.52. The van der Waals surface area contributed by atoms with Gasteiger partial charge in [0.15, 0.2) is 0 Å². The van der Waals surface area contributed by atoms with E-state index in [1.165, 1.54) is 12.1 Å². The van der Waals surface area contributed by atoms with Crippen LogP contribution in [0.4, 0.5) is 4.39 Å². The van der Waals surface area contributed by atoms with E-state index in [-0.39, 0.29) is 11.7 Å². The van der Waals surface area contributed by atoms with Crippen molar-refractivity contribution in [2.24, 2.45) is 0 Å². The highest BCUT2D eigenvalue weighted by atomic mass is 19.1. The van der Waals surface area contributed by atoms with Gasteiger partial charge in [0.2, 0.25) is 0 Å². The van der Waals surface area contributed by atoms with E-state index in [0.29, 0.717) is 19.6 Å². The number of rotatable bonds is 5. The van der Waals surface area contributed by atoms with Gasteiger partial charge in [-0.05, 0) is 41.5 Å². The molecule has 0 unspecified atom stereocenters. The van der Waals surface area contributed by atoms with Gasteiger partial charge in [0.1, 0.15) is 5.82 Å². The molecule has 0 bridgehead atoms. The fraction of sp³-hybridized carbons (Fsp3) is 0.273. The zero-order valence-electron chi connectivity index (χ0n) is 15.7. The molecule has 0 aliphatic carbocycles. The summed E-state index contributed by atoms with van der Waals surface area (Å²) in [5, 5.41) is 4.22. The second-order valence-corrected chi connectivity index (χ2v) is 7.10. The van der Waals surface area contributed by atoms with Gasteiger partial charge in [-0.1, -0.05) is 24.3 Å². The molecule has 0 N–H and O–H groups in total. The van der Waals surface area contributed by atoms with Crippen molar-refractivity contribution < 1.29 is 9.18 Å². The lowest BCUT2D eigenvalue weighted by Crippen LogP contribution is -2.48. The van der Waals surface area contributed by atoms with E-state index in [2.05, 4.69) is 10.00 Å². The summed E-state index contributed by atoms with van der Waals surface area (Å²) in [6.45, 7) is 4.46. The summed E-state index contributed by atoms with van der Waals surface area (Å²) in [6.07, 6.45) is 3.66. The molecule has 1 amide bonds. The molecule has 6 heteroatoms. The van der Waals surface area contributed by atoms with Crippen molar-refractivity contribution in [2.75, 3.05) is 26.2 Å². The average molecular weight is 378 g/mol. The minimum absolute atomic E-state index is 0.0729. The fourth-order valence-corrected chi connectivity index (χ4v) is 3.52. The van der Waals surface area contributed by atoms with E-state index in [9.17, 15) is 9.18 Å². The number of carbonyl (C=O) groups is 1. The van der Waals surface area contributed by atoms with Crippen molar-refractivity contribution in [2.45, 2.75) is 13.1 Å². The number of hydrogen-bond donors (Lipinski definition) is 0. The highest BCUT2D eigenvalue weighted by Gasteiger charge is 2.22. The predicted octanol–water partition coefficient (Wildman–Crippen LogP) is 3.03. The van der Waals surface area contributed by atoms with E-state index in [1.54, 1.807) is 6.20 Å². The van der Waals surface area contributed by atoms with Crippen molar-refractivity contribution in [1.29, 1.82) is 0 Å². The van der Waals surface area contributed by atoms with Gasteiger partial charge >= 0.3 is 0 Å². The van der Waals surface area contributed by atoms with Crippen LogP contribution in [0.3, 0.4) is 0 Å². The molecule has 0 spiro atoms. The normalized spacial score (nSPS) is 15.0. The summed E-state index contributed by atoms with van der Waals surface area (Å²) in [5.41, 5.74) is 2.87. The molecule has 28 heavy (non-hydrogen) atoms. The lowest BCUT2D eigenvalue weighted by molar-refractivity contribution is 0.0628. The van der Waals surface area contributed by atoms with Crippen LogP contribution in [0.15, 0.2) is 67.0 Å². The summed E-state index contributed by atoms with van der Waals surface area (Å²) in [7, 11) is 0. The third kappa shape index (κ3) is 4.46. The molecular formula is C22H23FN4O. The number of carbonyl (C=O) groups excluding carboxylic acids is 1. The van der Waals surface area contributed by atoms with Crippen LogP contribution in [-0.4, -0.2) is 51.7 Å². The maximum atomic E-state index is 13.0. The number of piperazine rings is 1. The summed E-state index contributed by atoms with van der Waals surface area (Å²) in [4.78, 5) is 17.1. The van der Waals surface area contributed by atoms with Gasteiger partial charge in [-0.2, -0.15) is 5.10 Å². The lowest BCUT2D eigenvalue weighted by atomic mass is 10.1. The Hall–Kier alpha value is -2.99. The molecule has 0 radical (unpaired) electrons. The van der Waals surface area contributed by atoms with Crippen LogP contribution in [0, 0.1) is 5.82 Å². The molecule has 1 saturated heterocycles. The molecule has 5 nitrogen and oxygen atoms in total. The molecule has 1 aliphatic rings. The highest BCUT2D eigenvalue weighted by Crippen LogP contribution is 2.14. The average Bonchev–Trinajstić information content (AvgIpc) is 3.23. The second kappa shape index (κ2) is 8.35. The molecular weight excluding hydrogens is 355 g/mol. The van der Waals surface area contributed by atoms with Crippen LogP contribution in [0.5, 0.6) is 0 Å². The van der Waals surface area contributed by atoms with Crippen LogP contribution >= 0.6 is 0 Å². The first-order valence-electron chi connectivity index (χ1n) is 9.50. The Labute approximate surface area is 164 Å². The van der Waals surface area contributed by atoms with Crippen LogP contribution < -0.4 is 0 Å². The molecule has 4 rings (SSSR count). The number of aromatic nitrogens is 2. The smallest absolute Gasteiger partial charge is 0.253 e. The molecule has 0 saturated carbocycles. The lowest BCUT2D eigenvalue weighted by Gasteiger charge is -2.34. The quantitative estimate of drug-likeness (QED) is 0.685. The zero-order chi connectivity index (χ0) is 19.3. The Kier molecular flexibility index (Phi) is 5.48. The van der Waals surface area contributed by atoms with Gasteiger partial charge in [-0.25, -0.2) is 4.39 Å². The van der Waals surface area contributed by atoms with E-state index in [0.717, 1.165) is 36.3 Å². The van der Waals surface area contributed by atoms with Crippen molar-refractivity contribution >= 4 is 5.91 Å². The molecule has 1 aliphatic heterocycles. The van der Waals surface area contributed by atoms with Crippen molar-refractivity contribution in [3.63, 3.8) is 0 Å². The third-order valence-corrected chi connectivity index (χ3v) is 5.06. The topological polar surface area (TPSA) is 41.4 Å². The Morgan fingerprint density at radius 1 is 0.929 bits per heavy atom. The van der Waals surface area contributed by atoms with E-state index < -0.39 is 0 Å². The van der Waals surface area contributed by atoms with Crippen LogP contribution in [-0.2, 0) is 13.1 Å². The third-order valence-electron chi connectivity index (χ3n) is 5.06. The first-order chi connectivity index (χ1) is 13.7. The minimum Gasteiger partial charge on any atom is -0.336 e. The van der Waals surface area contributed by atoms with Crippen molar-refractivity contribution in [1.82, 2.24) is 19.6 Å². The Bertz CT molecular complexity index is 916. The number of benzene rings is 2. The Balaban J connectivity index is 1.34. The summed E-state index contributed by atoms with van der Waals surface area (Å²) in [5.74, 6) is -0.141. The first kappa shape index (κ1) is 18.4. The maximum absolute atomic E-state index is 13.0. The standard InChI is InChI=1S/C22H23FN4O/c23-21-7-5-18(6-8-21)16-25-11-13-26(14-12-25)22(28)20-4-1-3-19(15-20)17-27-10-2-9-24-27/h1-10,15H,11-14,16-17H2. The number of halogens is 1. The molecule has 2 heterocycles. The Morgan fingerprint density at radius 2 is 1.71 bits per heavy atom. The number of nitrogens with zero attached hydrogens (tertiary/aromatic N) is 4. The molecule has 2 aromatic carbocycles. The summed E-state index contributed by atoms with van der Waals surface area (Å²) >= 11 is 0. The largest absolute Gasteiger partial charge is 0.336 e. The van der Waals surface area contributed by atoms with Gasteiger partial charge in [0.05, 0.1) is 6.54 Å². The van der Waals surface area contributed by atoms with Gasteiger partial charge in [0, 0.05) is 50.7 Å². The number of hydrogen-bond acceptors (Lipinski definition) is 3. The zero-order valence-corrected chi connectivity index (χ0v) is 15.7. The summed E-state index contributed by atoms with van der Waals surface area (Å²) < 4.78 is 14.9. The van der Waals surface area contributed by atoms with Crippen molar-refractivity contribution in [3.8, 4) is 0 Å². The van der Waals surface area contributed by atoms with Crippen LogP contribution in [0.1, 0.15) is 21.5 Å². The van der Waals surface area contributed by atoms with E-state index >= 15 is 0 Å². The van der Waals surface area contributed by atoms with E-state index in [1.807, 2.05) is 58.2 Å². The SMILES string of the molecule is O=C(c1cccc(Cn2cccn2)c1)N1CCN(Cc2ccc(F)cc2)CC1. The van der Waals surface area contributed by atoms with Gasteiger partial charge in [0.25, 0.3) is 5.91 Å². The predicted molar refractivity (Wildman–Crippen MR) is 105 cm³/mol. The van der Waals surface area contributed by atoms with E-state index in [4.69, 9.17) is 0 Å². The maximum Gasteiger partial charge on any atom is 0.253 e. The summed E-state index contributed by atoms with van der Waals surface area (Å²) in [6, 6.07) is 16.3. The molecule has 1 fully saturated rings. The molecule has 1 aromatic heterocycles. The molecule has 0 atom stereocenters. The monoisotopic (exact) mass is 378 g/mol. The van der Waals surface area contributed by atoms with Gasteiger partial charge < -0.3 is 4.90 Å². The molecule has 3 aromatic rings. The second-order valence-electron chi connectivity index (χ2n) is 7.10. The van der Waals surface area contributed by atoms with Crippen molar-refractivity contribution in [3.05, 3.63) is 89.5 Å². The number of amides is 1. The van der Waals surface area contributed by atoms with Crippen LogP contribution in [0.25, 0.3) is 0 Å².